The van der Waals surface area contributed by atoms with E-state index in [-0.39, 0.29) is 37.0 Å². The number of nitrogens with zero attached hydrogens (tertiary/aromatic N) is 8. The summed E-state index contributed by atoms with van der Waals surface area (Å²) in [6.45, 7) is 10.8. The number of rotatable bonds is 18. The Hall–Kier alpha value is -6.47. The Bertz CT molecular complexity index is 2590. The second-order valence-electron chi connectivity index (χ2n) is 18.7. The van der Waals surface area contributed by atoms with Crippen molar-refractivity contribution in [1.29, 1.82) is 0 Å². The predicted octanol–water partition coefficient (Wildman–Crippen LogP) is 6.43. The molecule has 8 rings (SSSR count). The molecule has 5 heterocycles. The van der Waals surface area contributed by atoms with Crippen LogP contribution in [0.2, 0.25) is 0 Å². The van der Waals surface area contributed by atoms with Crippen molar-refractivity contribution in [2.45, 2.75) is 117 Å². The van der Waals surface area contributed by atoms with Crippen LogP contribution in [-0.4, -0.2) is 110 Å². The number of carbonyl (C=O) groups is 4. The van der Waals surface area contributed by atoms with Crippen molar-refractivity contribution in [3.05, 3.63) is 83.1 Å². The highest BCUT2D eigenvalue weighted by Gasteiger charge is 2.42. The van der Waals surface area contributed by atoms with Crippen LogP contribution in [0.1, 0.15) is 113 Å². The molecule has 68 heavy (non-hydrogen) atoms. The summed E-state index contributed by atoms with van der Waals surface area (Å²) in [7, 11) is 1.54. The lowest BCUT2D eigenvalue weighted by molar-refractivity contribution is -0.144. The molecule has 3 atom stereocenters. The summed E-state index contributed by atoms with van der Waals surface area (Å²) in [4.78, 5) is 72.9. The average Bonchev–Trinajstić information content (AvgIpc) is 4.19. The molecule has 18 nitrogen and oxygen atoms in total. The topological polar surface area (TPSA) is 211 Å². The number of benzene rings is 2. The Morgan fingerprint density at radius 1 is 0.985 bits per heavy atom. The number of carbonyl (C=O) groups excluding carboxylic acids is 4. The smallest absolute Gasteiger partial charge is 0.251 e. The van der Waals surface area contributed by atoms with Gasteiger partial charge in [-0.1, -0.05) is 64.8 Å². The number of ether oxygens (including phenoxy) is 2. The van der Waals surface area contributed by atoms with Crippen LogP contribution in [0.15, 0.2) is 60.5 Å². The van der Waals surface area contributed by atoms with Gasteiger partial charge < -0.3 is 40.5 Å². The van der Waals surface area contributed by atoms with Gasteiger partial charge in [-0.2, -0.15) is 4.98 Å². The minimum atomic E-state index is -0.872. The zero-order valence-electron chi connectivity index (χ0n) is 39.7. The first-order chi connectivity index (χ1) is 32.8. The van der Waals surface area contributed by atoms with Crippen LogP contribution in [0.4, 0.5) is 17.5 Å². The standard InChI is InChI=1S/C49H62N12O6S/c1-7-36-44-58-54-28-60(44)38-26-52-48(57-43(38)61(36)34-12-8-9-13-34)55-35-20-19-33(24-39(35)66-6)45(63)50-21-11-23-67-27-40(62)56-42(49(3,4)5)47(65)59-22-10-14-37(59)46(64)51-25-31-15-17-32(18-16-31)41-30(2)53-29-68-41/h15-20,24,26,28-29,34,36-37,42H,7-14,21-23,25,27H2,1-6H3,(H,50,63)(H,51,64)(H,56,62)(H,52,55,57)/t36-,37+,42-/m1/s1. The summed E-state index contributed by atoms with van der Waals surface area (Å²) in [6, 6.07) is 12.0. The molecule has 0 unspecified atom stereocenters. The molecule has 3 aliphatic rings. The molecule has 2 aliphatic heterocycles. The number of aromatic nitrogens is 6. The fourth-order valence-electron chi connectivity index (χ4n) is 9.38. The molecular formula is C49H62N12O6S. The maximum atomic E-state index is 14.0. The van der Waals surface area contributed by atoms with Gasteiger partial charge in [0.2, 0.25) is 23.7 Å². The van der Waals surface area contributed by atoms with Crippen LogP contribution in [-0.2, 0) is 25.7 Å². The van der Waals surface area contributed by atoms with Gasteiger partial charge in [0.05, 0.1) is 41.1 Å². The summed E-state index contributed by atoms with van der Waals surface area (Å²) >= 11 is 1.59. The molecule has 360 valence electrons. The number of methoxy groups -OCH3 is 1. The number of hydrogen-bond acceptors (Lipinski definition) is 14. The highest BCUT2D eigenvalue weighted by Crippen LogP contribution is 2.43. The highest BCUT2D eigenvalue weighted by molar-refractivity contribution is 7.13. The third-order valence-electron chi connectivity index (χ3n) is 12.9. The van der Waals surface area contributed by atoms with Crippen LogP contribution in [0.3, 0.4) is 0 Å². The normalized spacial score (nSPS) is 17.3. The largest absolute Gasteiger partial charge is 0.495 e. The maximum Gasteiger partial charge on any atom is 0.251 e. The first-order valence-electron chi connectivity index (χ1n) is 23.6. The van der Waals surface area contributed by atoms with E-state index in [4.69, 9.17) is 14.5 Å². The molecule has 0 bridgehead atoms. The summed E-state index contributed by atoms with van der Waals surface area (Å²) in [5, 5.41) is 20.8. The molecule has 0 radical (unpaired) electrons. The van der Waals surface area contributed by atoms with E-state index in [1.165, 1.54) is 12.8 Å². The van der Waals surface area contributed by atoms with Crippen LogP contribution in [0.5, 0.6) is 5.75 Å². The molecule has 2 aromatic carbocycles. The van der Waals surface area contributed by atoms with Crippen molar-refractivity contribution in [3.63, 3.8) is 0 Å². The molecule has 2 fully saturated rings. The van der Waals surface area contributed by atoms with Crippen molar-refractivity contribution in [3.8, 4) is 21.9 Å². The van der Waals surface area contributed by atoms with Crippen LogP contribution >= 0.6 is 11.3 Å². The Balaban J connectivity index is 0.788. The minimum absolute atomic E-state index is 0.0517. The van der Waals surface area contributed by atoms with Gasteiger partial charge in [0.15, 0.2) is 11.6 Å². The molecule has 3 aromatic heterocycles. The summed E-state index contributed by atoms with van der Waals surface area (Å²) in [5.74, 6) is 1.33. The average molecular weight is 947 g/mol. The van der Waals surface area contributed by atoms with Crippen molar-refractivity contribution < 1.29 is 28.7 Å². The van der Waals surface area contributed by atoms with E-state index in [0.29, 0.717) is 67.9 Å². The Labute approximate surface area is 401 Å². The fraction of sp³-hybridized carbons (Fsp3) is 0.490. The molecule has 1 saturated heterocycles. The quantitative estimate of drug-likeness (QED) is 0.0699. The molecule has 0 spiro atoms. The van der Waals surface area contributed by atoms with Gasteiger partial charge in [0.1, 0.15) is 36.5 Å². The number of amides is 4. The minimum Gasteiger partial charge on any atom is -0.495 e. The third kappa shape index (κ3) is 10.6. The predicted molar refractivity (Wildman–Crippen MR) is 259 cm³/mol. The van der Waals surface area contributed by atoms with Gasteiger partial charge in [-0.3, -0.25) is 23.7 Å². The van der Waals surface area contributed by atoms with Gasteiger partial charge in [-0.25, -0.2) is 9.97 Å². The van der Waals surface area contributed by atoms with E-state index in [1.54, 1.807) is 54.1 Å². The van der Waals surface area contributed by atoms with E-state index in [1.807, 2.05) is 62.0 Å². The molecule has 1 aliphatic carbocycles. The monoisotopic (exact) mass is 946 g/mol. The van der Waals surface area contributed by atoms with Crippen molar-refractivity contribution in [2.24, 2.45) is 5.41 Å². The Morgan fingerprint density at radius 2 is 1.78 bits per heavy atom. The van der Waals surface area contributed by atoms with Crippen LogP contribution in [0, 0.1) is 12.3 Å². The van der Waals surface area contributed by atoms with Crippen molar-refractivity contribution in [1.82, 2.24) is 50.6 Å². The van der Waals surface area contributed by atoms with E-state index >= 15 is 0 Å². The number of thiazole rings is 1. The molecular weight excluding hydrogens is 885 g/mol. The summed E-state index contributed by atoms with van der Waals surface area (Å²) in [6.07, 6.45) is 10.6. The molecule has 19 heteroatoms. The van der Waals surface area contributed by atoms with Gasteiger partial charge in [-0.05, 0) is 80.2 Å². The summed E-state index contributed by atoms with van der Waals surface area (Å²) < 4.78 is 13.3. The third-order valence-corrected chi connectivity index (χ3v) is 13.9. The number of anilines is 3. The van der Waals surface area contributed by atoms with Gasteiger partial charge in [0, 0.05) is 37.8 Å². The SMILES string of the molecule is CC[C@@H]1c2nncn2-c2cnc(Nc3ccc(C(=O)NCCCOCC(=O)N[C@H](C(=O)N4CCC[C@H]4C(=O)NCc4ccc(-c5scnc5C)cc4)C(C)(C)C)cc3OC)nc2N1C1CCCC1. The van der Waals surface area contributed by atoms with Gasteiger partial charge >= 0.3 is 0 Å². The van der Waals surface area contributed by atoms with Gasteiger partial charge in [-0.15, -0.1) is 21.5 Å². The van der Waals surface area contributed by atoms with E-state index in [2.05, 4.69) is 53.3 Å². The summed E-state index contributed by atoms with van der Waals surface area (Å²) in [5.41, 5.74) is 6.05. The lowest BCUT2D eigenvalue weighted by Crippen LogP contribution is -2.58. The zero-order valence-corrected chi connectivity index (χ0v) is 40.5. The number of nitrogens with one attached hydrogen (secondary N) is 4. The van der Waals surface area contributed by atoms with E-state index in [0.717, 1.165) is 58.3 Å². The zero-order chi connectivity index (χ0) is 48.0. The molecule has 1 saturated carbocycles. The Morgan fingerprint density at radius 3 is 2.50 bits per heavy atom. The van der Waals surface area contributed by atoms with Crippen molar-refractivity contribution >= 4 is 52.4 Å². The van der Waals surface area contributed by atoms with Gasteiger partial charge in [0.25, 0.3) is 5.91 Å². The van der Waals surface area contributed by atoms with Crippen molar-refractivity contribution in [2.75, 3.05) is 43.6 Å². The number of fused-ring (bicyclic) bond motifs is 3. The maximum absolute atomic E-state index is 14.0. The van der Waals surface area contributed by atoms with Crippen LogP contribution < -0.4 is 30.9 Å². The fourth-order valence-corrected chi connectivity index (χ4v) is 10.2. The van der Waals surface area contributed by atoms with E-state index in [9.17, 15) is 19.2 Å². The lowest BCUT2D eigenvalue weighted by atomic mass is 9.85. The number of likely N-dealkylation sites (tertiary alicyclic amines) is 1. The molecule has 5 aromatic rings. The number of aryl methyl sites for hydroxylation is 1. The number of hydrogen-bond donors (Lipinski definition) is 4. The second kappa shape index (κ2) is 21.2. The first kappa shape index (κ1) is 48.0. The molecule has 4 N–H and O–H groups in total. The second-order valence-corrected chi connectivity index (χ2v) is 19.5. The van der Waals surface area contributed by atoms with Crippen LogP contribution in [0.25, 0.3) is 16.1 Å². The molecule has 4 amide bonds. The highest BCUT2D eigenvalue weighted by atomic mass is 32.1. The first-order valence-corrected chi connectivity index (χ1v) is 24.5. The Kier molecular flexibility index (Phi) is 15.0. The van der Waals surface area contributed by atoms with E-state index < -0.39 is 23.4 Å². The lowest BCUT2D eigenvalue weighted by Gasteiger charge is -2.40.